The number of likely N-dealkylation sites (tertiary alicyclic amines) is 1. The summed E-state index contributed by atoms with van der Waals surface area (Å²) in [4.78, 5) is 43.5. The number of amides is 1. The molecule has 0 saturated carbocycles. The topological polar surface area (TPSA) is 118 Å². The van der Waals surface area contributed by atoms with Gasteiger partial charge >= 0.3 is 24.2 Å². The zero-order valence-corrected chi connectivity index (χ0v) is 21.5. The Balaban J connectivity index is 1.26. The van der Waals surface area contributed by atoms with Crippen molar-refractivity contribution in [2.75, 3.05) is 19.6 Å². The summed E-state index contributed by atoms with van der Waals surface area (Å²) in [5.74, 6) is -1.44. The zero-order valence-electron chi connectivity index (χ0n) is 21.5. The van der Waals surface area contributed by atoms with Crippen LogP contribution < -0.4 is 4.74 Å². The molecule has 2 saturated heterocycles. The van der Waals surface area contributed by atoms with E-state index in [1.807, 2.05) is 6.07 Å². The smallest absolute Gasteiger partial charge is 0.447 e. The highest BCUT2D eigenvalue weighted by Gasteiger charge is 2.59. The number of piperidine rings is 1. The molecular weight excluding hydrogens is 547 g/mol. The maximum atomic E-state index is 13.0. The van der Waals surface area contributed by atoms with Crippen molar-refractivity contribution >= 4 is 18.0 Å². The molecule has 2 aromatic carbocycles. The van der Waals surface area contributed by atoms with Gasteiger partial charge in [-0.2, -0.15) is 18.4 Å². The van der Waals surface area contributed by atoms with E-state index >= 15 is 0 Å². The maximum Gasteiger partial charge on any atom is 0.447 e. The van der Waals surface area contributed by atoms with Gasteiger partial charge in [0.25, 0.3) is 6.23 Å². The number of esters is 1. The molecule has 0 N–H and O–H groups in total. The van der Waals surface area contributed by atoms with E-state index in [9.17, 15) is 27.6 Å². The molecule has 214 valence electrons. The maximum absolute atomic E-state index is 13.0. The van der Waals surface area contributed by atoms with Crippen LogP contribution in [0.15, 0.2) is 60.7 Å². The van der Waals surface area contributed by atoms with Crippen LogP contribution in [-0.2, 0) is 30.1 Å². The van der Waals surface area contributed by atoms with Crippen molar-refractivity contribution in [2.45, 2.75) is 43.4 Å². The first-order chi connectivity index (χ1) is 19.6. The average Bonchev–Trinajstić information content (AvgIpc) is 3.18. The Hall–Kier alpha value is -4.57. The lowest BCUT2D eigenvalue weighted by atomic mass is 9.89. The van der Waals surface area contributed by atoms with Crippen molar-refractivity contribution in [3.05, 3.63) is 77.4 Å². The molecule has 2 unspecified atom stereocenters. The molecule has 0 bridgehead atoms. The van der Waals surface area contributed by atoms with E-state index in [0.717, 1.165) is 29.8 Å². The number of halogens is 3. The number of ether oxygens (including phenoxy) is 3. The minimum atomic E-state index is -4.46. The van der Waals surface area contributed by atoms with Crippen molar-refractivity contribution in [1.82, 2.24) is 9.96 Å². The summed E-state index contributed by atoms with van der Waals surface area (Å²) < 4.78 is 56.0. The first-order valence-corrected chi connectivity index (χ1v) is 12.8. The molecule has 2 atom stereocenters. The fourth-order valence-electron chi connectivity index (χ4n) is 4.99. The second-order valence-corrected chi connectivity index (χ2v) is 9.78. The summed E-state index contributed by atoms with van der Waals surface area (Å²) in [5.41, 5.74) is -0.777. The highest BCUT2D eigenvalue weighted by Crippen LogP contribution is 2.40. The molecule has 3 aliphatic heterocycles. The summed E-state index contributed by atoms with van der Waals surface area (Å²) in [6.45, 7) is 1.40. The van der Waals surface area contributed by atoms with E-state index in [-0.39, 0.29) is 18.6 Å². The van der Waals surface area contributed by atoms with Gasteiger partial charge in [0.1, 0.15) is 11.9 Å². The first kappa shape index (κ1) is 28.0. The molecule has 1 amide bonds. The molecule has 0 aliphatic carbocycles. The van der Waals surface area contributed by atoms with Gasteiger partial charge in [0.15, 0.2) is 5.60 Å². The van der Waals surface area contributed by atoms with Gasteiger partial charge < -0.3 is 23.9 Å². The highest BCUT2D eigenvalue weighted by molar-refractivity contribution is 5.93. The molecule has 2 fully saturated rings. The van der Waals surface area contributed by atoms with Gasteiger partial charge in [0.05, 0.1) is 17.2 Å². The number of carbonyl (C=O) groups excluding carboxylic acids is 3. The Bertz CT molecular complexity index is 1380. The number of alkyl halides is 3. The van der Waals surface area contributed by atoms with E-state index in [1.54, 1.807) is 24.3 Å². The predicted molar refractivity (Wildman–Crippen MR) is 132 cm³/mol. The zero-order chi connectivity index (χ0) is 29.2. The standard InChI is InChI=1S/C28H24F3N3O7/c29-28(30,31)20-5-7-21(8-6-20)38-22(19-3-1-18(17-32)2-4-19)11-14-33-15-12-27(13-16-33)25-34(26(37)40-27)41-24(36)10-9-23(35)39-25/h1-10,22,25H,11-16H2/b10-9+. The molecule has 1 spiro atoms. The molecule has 0 aromatic heterocycles. The minimum absolute atomic E-state index is 0.262. The van der Waals surface area contributed by atoms with Gasteiger partial charge in [-0.25, -0.2) is 14.4 Å². The van der Waals surface area contributed by atoms with Crippen LogP contribution in [-0.4, -0.2) is 59.5 Å². The lowest BCUT2D eigenvalue weighted by Gasteiger charge is -2.40. The predicted octanol–water partition coefficient (Wildman–Crippen LogP) is 4.27. The monoisotopic (exact) mass is 571 g/mol. The number of fused-ring (bicyclic) bond motifs is 2. The van der Waals surface area contributed by atoms with Crippen LogP contribution in [0.5, 0.6) is 5.75 Å². The van der Waals surface area contributed by atoms with Gasteiger partial charge in [0.2, 0.25) is 0 Å². The van der Waals surface area contributed by atoms with Gasteiger partial charge in [-0.05, 0) is 42.0 Å². The number of hydrogen-bond donors (Lipinski definition) is 0. The number of nitriles is 1. The van der Waals surface area contributed by atoms with Gasteiger partial charge in [-0.3, -0.25) is 0 Å². The average molecular weight is 572 g/mol. The summed E-state index contributed by atoms with van der Waals surface area (Å²) in [5, 5.41) is 9.78. The molecule has 3 heterocycles. The second-order valence-electron chi connectivity index (χ2n) is 9.78. The third-order valence-corrected chi connectivity index (χ3v) is 7.19. The molecule has 10 nitrogen and oxygen atoms in total. The second kappa shape index (κ2) is 11.1. The molecule has 0 radical (unpaired) electrons. The van der Waals surface area contributed by atoms with Crippen molar-refractivity contribution < 1.29 is 46.6 Å². The van der Waals surface area contributed by atoms with Crippen LogP contribution >= 0.6 is 0 Å². The largest absolute Gasteiger partial charge is 0.486 e. The number of benzene rings is 2. The molecule has 13 heteroatoms. The minimum Gasteiger partial charge on any atom is -0.486 e. The summed E-state index contributed by atoms with van der Waals surface area (Å²) >= 11 is 0. The number of nitrogens with zero attached hydrogens (tertiary/aromatic N) is 3. The molecular formula is C28H24F3N3O7. The van der Waals surface area contributed by atoms with Crippen LogP contribution in [0, 0.1) is 11.3 Å². The first-order valence-electron chi connectivity index (χ1n) is 12.8. The van der Waals surface area contributed by atoms with Crippen molar-refractivity contribution in [3.8, 4) is 11.8 Å². The Morgan fingerprint density at radius 3 is 2.29 bits per heavy atom. The normalized spacial score (nSPS) is 22.0. The van der Waals surface area contributed by atoms with E-state index < -0.39 is 47.7 Å². The molecule has 5 rings (SSSR count). The lowest BCUT2D eigenvalue weighted by molar-refractivity contribution is -0.222. The SMILES string of the molecule is N#Cc1ccc(C(CCN2CCC3(CC2)OC(=O)N2OC(=O)/C=C/C(=O)OC23)Oc2ccc(C(F)(F)F)cc2)cc1. The Labute approximate surface area is 232 Å². The lowest BCUT2D eigenvalue weighted by Crippen LogP contribution is -2.54. The van der Waals surface area contributed by atoms with Gasteiger partial charge in [-0.1, -0.05) is 17.2 Å². The van der Waals surface area contributed by atoms with Crippen LogP contribution in [0.1, 0.15) is 42.1 Å². The van der Waals surface area contributed by atoms with Gasteiger partial charge in [0, 0.05) is 51.0 Å². The Morgan fingerprint density at radius 2 is 1.66 bits per heavy atom. The van der Waals surface area contributed by atoms with Crippen LogP contribution in [0.2, 0.25) is 0 Å². The van der Waals surface area contributed by atoms with E-state index in [4.69, 9.17) is 24.3 Å². The summed E-state index contributed by atoms with van der Waals surface area (Å²) in [6.07, 6.45) is -4.35. The number of hydrogen-bond acceptors (Lipinski definition) is 9. The van der Waals surface area contributed by atoms with Crippen LogP contribution in [0.25, 0.3) is 0 Å². The third-order valence-electron chi connectivity index (χ3n) is 7.19. The Morgan fingerprint density at radius 1 is 1.00 bits per heavy atom. The summed E-state index contributed by atoms with van der Waals surface area (Å²) in [7, 11) is 0. The summed E-state index contributed by atoms with van der Waals surface area (Å²) in [6, 6.07) is 13.3. The number of hydroxylamine groups is 2. The van der Waals surface area contributed by atoms with Crippen molar-refractivity contribution in [1.29, 1.82) is 5.26 Å². The van der Waals surface area contributed by atoms with Crippen LogP contribution in [0.4, 0.5) is 18.0 Å². The van der Waals surface area contributed by atoms with Crippen molar-refractivity contribution in [3.63, 3.8) is 0 Å². The van der Waals surface area contributed by atoms with Crippen molar-refractivity contribution in [2.24, 2.45) is 0 Å². The quantitative estimate of drug-likeness (QED) is 0.469. The fraction of sp³-hybridized carbons (Fsp3) is 0.357. The molecule has 41 heavy (non-hydrogen) atoms. The fourth-order valence-corrected chi connectivity index (χ4v) is 4.99. The van der Waals surface area contributed by atoms with E-state index in [0.29, 0.717) is 36.7 Å². The molecule has 3 aliphatic rings. The molecule has 2 aromatic rings. The Kier molecular flexibility index (Phi) is 7.59. The number of carbonyl (C=O) groups is 3. The van der Waals surface area contributed by atoms with E-state index in [2.05, 4.69) is 4.90 Å². The number of rotatable bonds is 6. The third kappa shape index (κ3) is 6.12. The van der Waals surface area contributed by atoms with E-state index in [1.165, 1.54) is 12.1 Å². The van der Waals surface area contributed by atoms with Crippen LogP contribution in [0.3, 0.4) is 0 Å². The highest BCUT2D eigenvalue weighted by atomic mass is 19.4. The van der Waals surface area contributed by atoms with Gasteiger partial charge in [-0.15, -0.1) is 0 Å².